The normalized spacial score (nSPS) is 15.6. The molecule has 0 aliphatic carbocycles. The van der Waals surface area contributed by atoms with Gasteiger partial charge in [-0.2, -0.15) is 11.8 Å². The third-order valence-corrected chi connectivity index (χ3v) is 18.9. The van der Waals surface area contributed by atoms with Crippen LogP contribution in [0.15, 0.2) is 67.3 Å². The van der Waals surface area contributed by atoms with Gasteiger partial charge in [-0.05, 0) is 92.3 Å². The molecule has 3 heterocycles. The Hall–Kier alpha value is -9.77. The standard InChI is InChI=1S/C72H103N15O18S/c1-43(2)27-58(61(91)31-47(68(74)101)17-26-106-6)83-71(104)49(29-52-35-75-42-79-52)30-53(88)36-78-72(105)55(44(3)4)33-59(89)45(5)80-70(103)48(28-50-34-76-56-10-8-7-9-54(50)56)32-60(90)57(15-16-62(73)92)82-69(102)46-11-13-51(14-12-46)81-63(93)37-77-64(94)38-84-18-20-85(39-65(95)96)22-24-87(41-67(99)100)25-23-86(21-19-84)40-66(97)98/h7-14,34-35,42-45,47-49,55,57-58,76H,15-33,36-41H2,1-6H3,(H2,73,92)(H2,74,101)(H,75,79)(H,77,94)(H,78,105)(H,80,103)(H,81,93)(H,82,102)(H,83,104)(H,95,96)(H,97,98)(H,99,100)/t45-,47+,48+,49+,55-,57-,58-/m0/s1. The summed E-state index contributed by atoms with van der Waals surface area (Å²) < 4.78 is 0. The number of amides is 8. The van der Waals surface area contributed by atoms with Crippen molar-refractivity contribution in [2.24, 2.45) is 47.0 Å². The van der Waals surface area contributed by atoms with E-state index in [4.69, 9.17) is 11.5 Å². The van der Waals surface area contributed by atoms with Gasteiger partial charge in [-0.15, -0.1) is 0 Å². The Morgan fingerprint density at radius 3 is 1.67 bits per heavy atom. The molecule has 33 nitrogen and oxygen atoms in total. The number of aromatic nitrogens is 3. The second-order valence-corrected chi connectivity index (χ2v) is 28.6. The smallest absolute Gasteiger partial charge is 0.317 e. The quantitative estimate of drug-likeness (QED) is 0.0288. The first-order valence-electron chi connectivity index (χ1n) is 35.4. The van der Waals surface area contributed by atoms with E-state index >= 15 is 0 Å². The first-order chi connectivity index (χ1) is 50.3. The van der Waals surface area contributed by atoms with Gasteiger partial charge in [0.1, 0.15) is 0 Å². The van der Waals surface area contributed by atoms with Crippen molar-refractivity contribution in [2.45, 2.75) is 117 Å². The van der Waals surface area contributed by atoms with Crippen LogP contribution in [0.25, 0.3) is 10.9 Å². The highest BCUT2D eigenvalue weighted by Gasteiger charge is 2.35. The molecule has 34 heteroatoms. The summed E-state index contributed by atoms with van der Waals surface area (Å²) in [4.78, 5) is 215. The SMILES string of the molecule is CSCC[C@H](CC(=O)[C@H](CC(C)C)NC(=O)[C@@H](CC(=O)CNC(=O)[C@@H](CC(=O)[C@H](C)NC(=O)[C@@H](CC(=O)[C@H](CCC(N)=O)NC(=O)c1ccc(NC(=O)CNC(=O)CN2CCN(CC(=O)O)CCN(CC(=O)O)CCN(CC(=O)O)CC2)cc1)Cc1c[nH]c2ccccc12)C(C)C)Cc1c[nH]cn1)C(N)=O. The number of para-hydroxylation sites is 1. The third-order valence-electron chi connectivity index (χ3n) is 18.2. The van der Waals surface area contributed by atoms with E-state index in [9.17, 15) is 87.2 Å². The number of rotatable bonds is 45. The molecule has 8 amide bonds. The molecule has 1 aliphatic heterocycles. The van der Waals surface area contributed by atoms with Crippen molar-refractivity contribution in [1.82, 2.24) is 61.1 Å². The number of carboxylic acids is 3. The Morgan fingerprint density at radius 1 is 0.575 bits per heavy atom. The zero-order chi connectivity index (χ0) is 78.2. The molecule has 0 saturated carbocycles. The van der Waals surface area contributed by atoms with Gasteiger partial charge in [0.15, 0.2) is 23.1 Å². The summed E-state index contributed by atoms with van der Waals surface area (Å²) in [6, 6.07) is 9.13. The average Bonchev–Trinajstić information content (AvgIpc) is 1.69. The van der Waals surface area contributed by atoms with Gasteiger partial charge in [0.2, 0.25) is 41.4 Å². The predicted octanol–water partition coefficient (Wildman–Crippen LogP) is 0.618. The highest BCUT2D eigenvalue weighted by Crippen LogP contribution is 2.26. The van der Waals surface area contributed by atoms with Crippen molar-refractivity contribution >= 4 is 117 Å². The van der Waals surface area contributed by atoms with Gasteiger partial charge < -0.3 is 68.7 Å². The second-order valence-electron chi connectivity index (χ2n) is 27.6. The van der Waals surface area contributed by atoms with Gasteiger partial charge in [0.05, 0.1) is 75.3 Å². The molecule has 2 aromatic heterocycles. The predicted molar refractivity (Wildman–Crippen MR) is 392 cm³/mol. The number of hydrogen-bond donors (Lipinski definition) is 13. The van der Waals surface area contributed by atoms with Crippen LogP contribution in [-0.4, -0.2) is 260 Å². The van der Waals surface area contributed by atoms with Gasteiger partial charge in [-0.25, -0.2) is 4.98 Å². The van der Waals surface area contributed by atoms with E-state index in [0.29, 0.717) is 23.4 Å². The molecule has 1 saturated heterocycles. The molecule has 0 spiro atoms. The number of thioether (sulfide) groups is 1. The fraction of sp³-hybridized carbons (Fsp3) is 0.556. The van der Waals surface area contributed by atoms with Gasteiger partial charge in [-0.1, -0.05) is 45.9 Å². The number of ketones is 4. The number of anilines is 1. The number of aliphatic carboxylic acids is 3. The minimum absolute atomic E-state index is 0.000747. The number of nitrogens with two attached hydrogens (primary N) is 2. The maximum atomic E-state index is 14.6. The van der Waals surface area contributed by atoms with E-state index in [1.165, 1.54) is 49.3 Å². The van der Waals surface area contributed by atoms with Crippen molar-refractivity contribution in [1.29, 1.82) is 0 Å². The first-order valence-corrected chi connectivity index (χ1v) is 36.8. The monoisotopic (exact) mass is 1500 g/mol. The first kappa shape index (κ1) is 86.9. The number of carboxylic acid groups (broad SMARTS) is 3. The summed E-state index contributed by atoms with van der Waals surface area (Å²) in [6.07, 6.45) is 5.07. The van der Waals surface area contributed by atoms with Crippen molar-refractivity contribution in [3.05, 3.63) is 84.1 Å². The second kappa shape index (κ2) is 44.3. The molecule has 0 bridgehead atoms. The van der Waals surface area contributed by atoms with E-state index in [0.717, 1.165) is 10.9 Å². The summed E-state index contributed by atoms with van der Waals surface area (Å²) in [6.45, 7) is 7.68. The van der Waals surface area contributed by atoms with Crippen molar-refractivity contribution in [2.75, 3.05) is 109 Å². The third kappa shape index (κ3) is 31.1. The number of carbonyl (C=O) groups excluding carboxylic acids is 12. The van der Waals surface area contributed by atoms with Crippen molar-refractivity contribution < 1.29 is 87.2 Å². The van der Waals surface area contributed by atoms with Gasteiger partial charge in [0, 0.05) is 143 Å². The van der Waals surface area contributed by atoms with Crippen LogP contribution in [0.3, 0.4) is 0 Å². The topological polar surface area (TPSA) is 498 Å². The highest BCUT2D eigenvalue weighted by atomic mass is 32.2. The summed E-state index contributed by atoms with van der Waals surface area (Å²) in [5, 5.41) is 45.3. The molecule has 106 heavy (non-hydrogen) atoms. The van der Waals surface area contributed by atoms with Crippen LogP contribution in [-0.2, 0) is 80.0 Å². The maximum Gasteiger partial charge on any atom is 0.317 e. The fourth-order valence-corrected chi connectivity index (χ4v) is 12.7. The molecule has 7 atom stereocenters. The molecule has 580 valence electrons. The minimum Gasteiger partial charge on any atom is -0.480 e. The summed E-state index contributed by atoms with van der Waals surface area (Å²) >= 11 is 1.50. The van der Waals surface area contributed by atoms with Crippen LogP contribution in [0.2, 0.25) is 0 Å². The number of imidazole rings is 1. The Morgan fingerprint density at radius 2 is 1.13 bits per heavy atom. The molecule has 1 fully saturated rings. The zero-order valence-electron chi connectivity index (χ0n) is 61.0. The lowest BCUT2D eigenvalue weighted by Crippen LogP contribution is -2.50. The number of carbonyl (C=O) groups is 15. The van der Waals surface area contributed by atoms with Crippen LogP contribution < -0.4 is 43.4 Å². The van der Waals surface area contributed by atoms with Crippen LogP contribution in [0, 0.1) is 35.5 Å². The molecular weight excluding hydrogens is 1390 g/mol. The summed E-state index contributed by atoms with van der Waals surface area (Å²) in [5.74, 6) is -14.7. The number of nitrogens with one attached hydrogen (secondary N) is 8. The lowest BCUT2D eigenvalue weighted by Gasteiger charge is -2.32. The number of aromatic amines is 2. The van der Waals surface area contributed by atoms with Crippen LogP contribution >= 0.6 is 11.8 Å². The van der Waals surface area contributed by atoms with E-state index in [-0.39, 0.29) is 153 Å². The largest absolute Gasteiger partial charge is 0.480 e. The summed E-state index contributed by atoms with van der Waals surface area (Å²) in [5.41, 5.74) is 13.2. The van der Waals surface area contributed by atoms with E-state index in [1.807, 2.05) is 32.2 Å². The molecule has 0 radical (unpaired) electrons. The van der Waals surface area contributed by atoms with Gasteiger partial charge in [0.25, 0.3) is 5.91 Å². The van der Waals surface area contributed by atoms with Crippen molar-refractivity contribution in [3.63, 3.8) is 0 Å². The number of Topliss-reactive ketones (excluding diaryl/α,β-unsaturated/α-hetero) is 4. The number of fused-ring (bicyclic) bond motifs is 1. The lowest BCUT2D eigenvalue weighted by molar-refractivity contribution is -0.140. The molecule has 15 N–H and O–H groups in total. The number of benzene rings is 2. The Balaban J connectivity index is 1.22. The summed E-state index contributed by atoms with van der Waals surface area (Å²) in [7, 11) is 0. The molecule has 4 aromatic rings. The minimum atomic E-state index is -1.37. The average molecular weight is 1500 g/mol. The zero-order valence-corrected chi connectivity index (χ0v) is 61.8. The molecule has 5 rings (SSSR count). The van der Waals surface area contributed by atoms with E-state index < -0.39 is 150 Å². The van der Waals surface area contributed by atoms with Gasteiger partial charge >= 0.3 is 17.9 Å². The van der Waals surface area contributed by atoms with Crippen LogP contribution in [0.5, 0.6) is 0 Å². The van der Waals surface area contributed by atoms with E-state index in [1.54, 1.807) is 58.0 Å². The maximum absolute atomic E-state index is 14.6. The Bertz CT molecular complexity index is 3650. The van der Waals surface area contributed by atoms with Crippen molar-refractivity contribution in [3.8, 4) is 0 Å². The molecule has 0 unspecified atom stereocenters. The molecular formula is C72H103N15O18S. The lowest BCUT2D eigenvalue weighted by atomic mass is 9.87. The van der Waals surface area contributed by atoms with Gasteiger partial charge in [-0.3, -0.25) is 91.5 Å². The number of H-pyrrole nitrogens is 2. The number of primary amides is 2. The van der Waals surface area contributed by atoms with Crippen LogP contribution in [0.4, 0.5) is 5.69 Å². The van der Waals surface area contributed by atoms with Crippen LogP contribution in [0.1, 0.15) is 108 Å². The molecule has 1 aliphatic rings. The van der Waals surface area contributed by atoms with E-state index in [2.05, 4.69) is 46.9 Å². The number of nitrogens with zero attached hydrogens (tertiary/aromatic N) is 5. The molecule has 2 aromatic carbocycles. The fourth-order valence-electron chi connectivity index (χ4n) is 12.2. The highest BCUT2D eigenvalue weighted by molar-refractivity contribution is 7.98. The Kier molecular flexibility index (Phi) is 36.3. The Labute approximate surface area is 619 Å². The number of hydrogen-bond acceptors (Lipinski definition) is 21.